The molecule has 0 heterocycles. The summed E-state index contributed by atoms with van der Waals surface area (Å²) in [7, 11) is 2.02. The van der Waals surface area contributed by atoms with Crippen LogP contribution >= 0.6 is 22.6 Å². The van der Waals surface area contributed by atoms with Crippen LogP contribution in [-0.2, 0) is 0 Å². The van der Waals surface area contributed by atoms with Gasteiger partial charge in [-0.3, -0.25) is 0 Å². The van der Waals surface area contributed by atoms with E-state index in [1.54, 1.807) is 0 Å². The third-order valence-corrected chi connectivity index (χ3v) is 4.35. The summed E-state index contributed by atoms with van der Waals surface area (Å²) in [6.07, 6.45) is 0. The molecule has 1 unspecified atom stereocenters. The molecule has 18 heavy (non-hydrogen) atoms. The Hall–Kier alpha value is -0.870. The SMILES string of the molecule is CNC(c1ccc(C)c(C)c1)c1ccccc1I. The topological polar surface area (TPSA) is 12.0 Å². The van der Waals surface area contributed by atoms with E-state index in [-0.39, 0.29) is 6.04 Å². The van der Waals surface area contributed by atoms with Gasteiger partial charge in [-0.15, -0.1) is 0 Å². The van der Waals surface area contributed by atoms with Crippen LogP contribution in [0.1, 0.15) is 28.3 Å². The predicted molar refractivity (Wildman–Crippen MR) is 86.0 cm³/mol. The molecular formula is C16H18IN. The van der Waals surface area contributed by atoms with Crippen molar-refractivity contribution in [2.75, 3.05) is 7.05 Å². The van der Waals surface area contributed by atoms with E-state index in [2.05, 4.69) is 84.2 Å². The normalized spacial score (nSPS) is 12.4. The van der Waals surface area contributed by atoms with Crippen LogP contribution in [0.5, 0.6) is 0 Å². The van der Waals surface area contributed by atoms with Gasteiger partial charge in [0.25, 0.3) is 0 Å². The average Bonchev–Trinajstić information content (AvgIpc) is 2.37. The van der Waals surface area contributed by atoms with Crippen molar-refractivity contribution in [1.29, 1.82) is 0 Å². The Bertz CT molecular complexity index is 549. The lowest BCUT2D eigenvalue weighted by Crippen LogP contribution is -2.18. The quantitative estimate of drug-likeness (QED) is 0.817. The molecule has 2 aromatic carbocycles. The largest absolute Gasteiger partial charge is 0.309 e. The van der Waals surface area contributed by atoms with Gasteiger partial charge in [-0.05, 0) is 71.8 Å². The summed E-state index contributed by atoms with van der Waals surface area (Å²) in [5.41, 5.74) is 5.35. The van der Waals surface area contributed by atoms with E-state index >= 15 is 0 Å². The third kappa shape index (κ3) is 2.75. The zero-order valence-electron chi connectivity index (χ0n) is 11.0. The first kappa shape index (κ1) is 13.6. The molecule has 0 aromatic heterocycles. The number of halogens is 1. The molecule has 0 radical (unpaired) electrons. The highest BCUT2D eigenvalue weighted by atomic mass is 127. The molecule has 2 rings (SSSR count). The van der Waals surface area contributed by atoms with Crippen molar-refractivity contribution >= 4 is 22.6 Å². The van der Waals surface area contributed by atoms with E-state index in [0.717, 1.165) is 0 Å². The van der Waals surface area contributed by atoms with Gasteiger partial charge in [0.1, 0.15) is 0 Å². The van der Waals surface area contributed by atoms with Crippen LogP contribution in [-0.4, -0.2) is 7.05 Å². The van der Waals surface area contributed by atoms with Crippen molar-refractivity contribution in [2.24, 2.45) is 0 Å². The lowest BCUT2D eigenvalue weighted by Gasteiger charge is -2.19. The van der Waals surface area contributed by atoms with Crippen LogP contribution in [0, 0.1) is 17.4 Å². The van der Waals surface area contributed by atoms with E-state index in [1.165, 1.54) is 25.8 Å². The molecule has 0 amide bonds. The summed E-state index contributed by atoms with van der Waals surface area (Å²) < 4.78 is 1.30. The van der Waals surface area contributed by atoms with Gasteiger partial charge in [0, 0.05) is 3.57 Å². The van der Waals surface area contributed by atoms with Crippen LogP contribution in [0.25, 0.3) is 0 Å². The molecule has 1 nitrogen and oxygen atoms in total. The molecule has 0 spiro atoms. The summed E-state index contributed by atoms with van der Waals surface area (Å²) in [5.74, 6) is 0. The number of rotatable bonds is 3. The van der Waals surface area contributed by atoms with E-state index in [0.29, 0.717) is 0 Å². The smallest absolute Gasteiger partial charge is 0.0584 e. The first-order valence-electron chi connectivity index (χ1n) is 6.12. The Kier molecular flexibility index (Phi) is 4.40. The fourth-order valence-electron chi connectivity index (χ4n) is 2.16. The van der Waals surface area contributed by atoms with Crippen LogP contribution in [0.15, 0.2) is 42.5 Å². The zero-order valence-corrected chi connectivity index (χ0v) is 13.2. The minimum absolute atomic E-state index is 0.261. The lowest BCUT2D eigenvalue weighted by atomic mass is 9.96. The monoisotopic (exact) mass is 351 g/mol. The van der Waals surface area contributed by atoms with Crippen molar-refractivity contribution in [3.63, 3.8) is 0 Å². The maximum Gasteiger partial charge on any atom is 0.0584 e. The Labute approximate surface area is 123 Å². The van der Waals surface area contributed by atoms with Gasteiger partial charge in [0.05, 0.1) is 6.04 Å². The molecule has 0 aliphatic rings. The molecule has 94 valence electrons. The molecule has 1 atom stereocenters. The van der Waals surface area contributed by atoms with Gasteiger partial charge in [-0.2, -0.15) is 0 Å². The van der Waals surface area contributed by atoms with Crippen molar-refractivity contribution in [1.82, 2.24) is 5.32 Å². The summed E-state index contributed by atoms with van der Waals surface area (Å²) >= 11 is 2.40. The van der Waals surface area contributed by atoms with E-state index in [9.17, 15) is 0 Å². The second-order valence-electron chi connectivity index (χ2n) is 4.59. The van der Waals surface area contributed by atoms with Crippen LogP contribution in [0.2, 0.25) is 0 Å². The first-order chi connectivity index (χ1) is 8.63. The Balaban J connectivity index is 2.45. The standard InChI is InChI=1S/C16H18IN/c1-11-8-9-13(10-12(11)2)16(18-3)14-6-4-5-7-15(14)17/h4-10,16,18H,1-3H3. The third-order valence-electron chi connectivity index (χ3n) is 3.37. The van der Waals surface area contributed by atoms with Gasteiger partial charge in [-0.25, -0.2) is 0 Å². The molecule has 0 fully saturated rings. The van der Waals surface area contributed by atoms with E-state index in [4.69, 9.17) is 0 Å². The predicted octanol–water partition coefficient (Wildman–Crippen LogP) is 4.22. The summed E-state index contributed by atoms with van der Waals surface area (Å²) in [6.45, 7) is 4.32. The molecule has 2 aromatic rings. The van der Waals surface area contributed by atoms with Crippen molar-refractivity contribution in [3.8, 4) is 0 Å². The highest BCUT2D eigenvalue weighted by Crippen LogP contribution is 2.27. The number of hydrogen-bond donors (Lipinski definition) is 1. The average molecular weight is 351 g/mol. The maximum absolute atomic E-state index is 3.42. The molecule has 1 N–H and O–H groups in total. The second kappa shape index (κ2) is 5.85. The highest BCUT2D eigenvalue weighted by molar-refractivity contribution is 14.1. The molecule has 0 aliphatic heterocycles. The van der Waals surface area contributed by atoms with Gasteiger partial charge >= 0.3 is 0 Å². The first-order valence-corrected chi connectivity index (χ1v) is 7.20. The fraction of sp³-hybridized carbons (Fsp3) is 0.250. The number of aryl methyl sites for hydroxylation is 2. The van der Waals surface area contributed by atoms with Gasteiger partial charge in [0.15, 0.2) is 0 Å². The summed E-state index contributed by atoms with van der Waals surface area (Å²) in [4.78, 5) is 0. The Morgan fingerprint density at radius 2 is 1.72 bits per heavy atom. The van der Waals surface area contributed by atoms with Gasteiger partial charge in [-0.1, -0.05) is 36.4 Å². The number of benzene rings is 2. The minimum atomic E-state index is 0.261. The molecule has 2 heteroatoms. The van der Waals surface area contributed by atoms with Gasteiger partial charge < -0.3 is 5.32 Å². The van der Waals surface area contributed by atoms with Crippen molar-refractivity contribution in [3.05, 3.63) is 68.3 Å². The zero-order chi connectivity index (χ0) is 13.1. The maximum atomic E-state index is 3.42. The summed E-state index contributed by atoms with van der Waals surface area (Å²) in [5, 5.41) is 3.42. The van der Waals surface area contributed by atoms with Gasteiger partial charge in [0.2, 0.25) is 0 Å². The number of nitrogens with one attached hydrogen (secondary N) is 1. The minimum Gasteiger partial charge on any atom is -0.309 e. The van der Waals surface area contributed by atoms with Crippen LogP contribution in [0.4, 0.5) is 0 Å². The fourth-order valence-corrected chi connectivity index (χ4v) is 2.85. The highest BCUT2D eigenvalue weighted by Gasteiger charge is 2.14. The van der Waals surface area contributed by atoms with Crippen molar-refractivity contribution < 1.29 is 0 Å². The Morgan fingerprint density at radius 1 is 1.00 bits per heavy atom. The number of hydrogen-bond acceptors (Lipinski definition) is 1. The molecule has 0 saturated carbocycles. The second-order valence-corrected chi connectivity index (χ2v) is 5.75. The molecule has 0 aliphatic carbocycles. The molecule has 0 bridgehead atoms. The molecule has 0 saturated heterocycles. The van der Waals surface area contributed by atoms with Crippen molar-refractivity contribution in [2.45, 2.75) is 19.9 Å². The van der Waals surface area contributed by atoms with E-state index in [1.807, 2.05) is 7.05 Å². The van der Waals surface area contributed by atoms with E-state index < -0.39 is 0 Å². The summed E-state index contributed by atoms with van der Waals surface area (Å²) in [6, 6.07) is 15.5. The van der Waals surface area contributed by atoms with Crippen LogP contribution in [0.3, 0.4) is 0 Å². The van der Waals surface area contributed by atoms with Crippen LogP contribution < -0.4 is 5.32 Å². The molecular weight excluding hydrogens is 333 g/mol. The lowest BCUT2D eigenvalue weighted by molar-refractivity contribution is 0.688. The Morgan fingerprint density at radius 3 is 2.33 bits per heavy atom.